The topological polar surface area (TPSA) is 25.2 Å². The minimum Gasteiger partial charge on any atom is -0.461 e. The monoisotopic (exact) mass is 215 g/mol. The smallest absolute Gasteiger partial charge is 0.134 e. The van der Waals surface area contributed by atoms with Crippen LogP contribution >= 0.6 is 0 Å². The quantitative estimate of drug-likeness (QED) is 0.611. The summed E-state index contributed by atoms with van der Waals surface area (Å²) < 4.78 is 5.81. The SMILES string of the molecule is C=CCNCc1c(CC)oc2ccccc12. The fraction of sp³-hybridized carbons (Fsp3) is 0.286. The predicted molar refractivity (Wildman–Crippen MR) is 67.5 cm³/mol. The number of aryl methyl sites for hydroxylation is 1. The van der Waals surface area contributed by atoms with Crippen LogP contribution in [0.5, 0.6) is 0 Å². The summed E-state index contributed by atoms with van der Waals surface area (Å²) in [5.41, 5.74) is 2.26. The summed E-state index contributed by atoms with van der Waals surface area (Å²) in [6.07, 6.45) is 2.80. The van der Waals surface area contributed by atoms with E-state index in [0.717, 1.165) is 30.9 Å². The molecule has 2 nitrogen and oxygen atoms in total. The van der Waals surface area contributed by atoms with Crippen molar-refractivity contribution in [3.8, 4) is 0 Å². The average Bonchev–Trinajstić information content (AvgIpc) is 2.68. The summed E-state index contributed by atoms with van der Waals surface area (Å²) in [7, 11) is 0. The molecule has 1 N–H and O–H groups in total. The molecule has 0 aliphatic heterocycles. The van der Waals surface area contributed by atoms with Gasteiger partial charge in [-0.15, -0.1) is 6.58 Å². The molecule has 2 heteroatoms. The molecule has 84 valence electrons. The molecule has 0 aliphatic rings. The number of rotatable bonds is 5. The molecule has 1 aromatic heterocycles. The van der Waals surface area contributed by atoms with Crippen LogP contribution in [0.15, 0.2) is 41.3 Å². The number of hydrogen-bond donors (Lipinski definition) is 1. The molecule has 0 bridgehead atoms. The molecule has 0 fully saturated rings. The van der Waals surface area contributed by atoms with E-state index in [1.165, 1.54) is 10.9 Å². The third kappa shape index (κ3) is 2.02. The second-order valence-electron chi connectivity index (χ2n) is 3.77. The molecule has 0 saturated heterocycles. The molecular formula is C14H17NO. The van der Waals surface area contributed by atoms with Gasteiger partial charge in [0.2, 0.25) is 0 Å². The van der Waals surface area contributed by atoms with Crippen LogP contribution in [0.2, 0.25) is 0 Å². The Kier molecular flexibility index (Phi) is 3.42. The first-order chi connectivity index (χ1) is 7.86. The van der Waals surface area contributed by atoms with E-state index in [1.54, 1.807) is 0 Å². The number of para-hydroxylation sites is 1. The van der Waals surface area contributed by atoms with E-state index in [4.69, 9.17) is 4.42 Å². The fourth-order valence-electron chi connectivity index (χ4n) is 1.93. The van der Waals surface area contributed by atoms with Crippen LogP contribution in [0.1, 0.15) is 18.2 Å². The van der Waals surface area contributed by atoms with Crippen molar-refractivity contribution in [1.82, 2.24) is 5.32 Å². The van der Waals surface area contributed by atoms with Crippen molar-refractivity contribution in [2.75, 3.05) is 6.54 Å². The van der Waals surface area contributed by atoms with Crippen molar-refractivity contribution in [3.63, 3.8) is 0 Å². The molecule has 1 heterocycles. The third-order valence-electron chi connectivity index (χ3n) is 2.69. The number of benzene rings is 1. The van der Waals surface area contributed by atoms with Crippen molar-refractivity contribution >= 4 is 11.0 Å². The molecule has 0 unspecified atom stereocenters. The normalized spacial score (nSPS) is 10.8. The fourth-order valence-corrected chi connectivity index (χ4v) is 1.93. The lowest BCUT2D eigenvalue weighted by Gasteiger charge is -2.01. The van der Waals surface area contributed by atoms with Crippen LogP contribution in [0.25, 0.3) is 11.0 Å². The van der Waals surface area contributed by atoms with E-state index >= 15 is 0 Å². The van der Waals surface area contributed by atoms with E-state index in [1.807, 2.05) is 24.3 Å². The molecule has 0 atom stereocenters. The van der Waals surface area contributed by atoms with Crippen LogP contribution in [-0.2, 0) is 13.0 Å². The van der Waals surface area contributed by atoms with Gasteiger partial charge in [0.25, 0.3) is 0 Å². The van der Waals surface area contributed by atoms with Gasteiger partial charge < -0.3 is 9.73 Å². The van der Waals surface area contributed by atoms with Crippen molar-refractivity contribution in [2.45, 2.75) is 19.9 Å². The maximum Gasteiger partial charge on any atom is 0.134 e. The van der Waals surface area contributed by atoms with E-state index in [2.05, 4.69) is 24.9 Å². The van der Waals surface area contributed by atoms with Gasteiger partial charge in [0.1, 0.15) is 11.3 Å². The van der Waals surface area contributed by atoms with Crippen LogP contribution in [-0.4, -0.2) is 6.54 Å². The summed E-state index contributed by atoms with van der Waals surface area (Å²) >= 11 is 0. The van der Waals surface area contributed by atoms with Gasteiger partial charge in [0.15, 0.2) is 0 Å². The largest absolute Gasteiger partial charge is 0.461 e. The number of furan rings is 1. The molecule has 1 aromatic carbocycles. The molecule has 0 spiro atoms. The molecule has 2 aromatic rings. The zero-order valence-corrected chi connectivity index (χ0v) is 9.62. The Labute approximate surface area is 96.0 Å². The lowest BCUT2D eigenvalue weighted by atomic mass is 10.1. The van der Waals surface area contributed by atoms with Gasteiger partial charge in [-0.05, 0) is 6.07 Å². The van der Waals surface area contributed by atoms with Crippen molar-refractivity contribution in [2.24, 2.45) is 0 Å². The molecule has 2 rings (SSSR count). The maximum atomic E-state index is 5.81. The number of nitrogens with one attached hydrogen (secondary N) is 1. The van der Waals surface area contributed by atoms with E-state index in [0.29, 0.717) is 0 Å². The zero-order valence-electron chi connectivity index (χ0n) is 9.62. The van der Waals surface area contributed by atoms with Crippen LogP contribution < -0.4 is 5.32 Å². The highest BCUT2D eigenvalue weighted by molar-refractivity contribution is 5.82. The highest BCUT2D eigenvalue weighted by atomic mass is 16.3. The van der Waals surface area contributed by atoms with Gasteiger partial charge in [-0.2, -0.15) is 0 Å². The Bertz CT molecular complexity index is 484. The van der Waals surface area contributed by atoms with Gasteiger partial charge in [-0.25, -0.2) is 0 Å². The third-order valence-corrected chi connectivity index (χ3v) is 2.69. The van der Waals surface area contributed by atoms with E-state index in [9.17, 15) is 0 Å². The minimum absolute atomic E-state index is 0.822. The molecule has 0 aliphatic carbocycles. The Hall–Kier alpha value is -1.54. The molecule has 0 radical (unpaired) electrons. The summed E-state index contributed by atoms with van der Waals surface area (Å²) in [4.78, 5) is 0. The van der Waals surface area contributed by atoms with Crippen LogP contribution in [0.3, 0.4) is 0 Å². The Balaban J connectivity index is 2.35. The van der Waals surface area contributed by atoms with Crippen LogP contribution in [0.4, 0.5) is 0 Å². The number of fused-ring (bicyclic) bond motifs is 1. The summed E-state index contributed by atoms with van der Waals surface area (Å²) in [5, 5.41) is 4.54. The Morgan fingerprint density at radius 3 is 2.94 bits per heavy atom. The summed E-state index contributed by atoms with van der Waals surface area (Å²) in [6, 6.07) is 8.19. The summed E-state index contributed by atoms with van der Waals surface area (Å²) in [5.74, 6) is 1.08. The first kappa shape index (κ1) is 11.0. The second kappa shape index (κ2) is 4.99. The molecule has 0 amide bonds. The molecular weight excluding hydrogens is 198 g/mol. The van der Waals surface area contributed by atoms with Gasteiger partial charge in [0, 0.05) is 30.5 Å². The van der Waals surface area contributed by atoms with Gasteiger partial charge in [0.05, 0.1) is 0 Å². The Morgan fingerprint density at radius 1 is 1.38 bits per heavy atom. The predicted octanol–water partition coefficient (Wildman–Crippen LogP) is 3.27. The lowest BCUT2D eigenvalue weighted by molar-refractivity contribution is 0.546. The maximum absolute atomic E-state index is 5.81. The Morgan fingerprint density at radius 2 is 2.19 bits per heavy atom. The average molecular weight is 215 g/mol. The van der Waals surface area contributed by atoms with Crippen molar-refractivity contribution in [3.05, 3.63) is 48.2 Å². The first-order valence-electron chi connectivity index (χ1n) is 5.67. The van der Waals surface area contributed by atoms with Crippen LogP contribution in [0, 0.1) is 0 Å². The van der Waals surface area contributed by atoms with Gasteiger partial charge >= 0.3 is 0 Å². The highest BCUT2D eigenvalue weighted by Crippen LogP contribution is 2.25. The standard InChI is InChI=1S/C14H17NO/c1-3-9-15-10-12-11-7-5-6-8-14(11)16-13(12)4-2/h3,5-8,15H,1,4,9-10H2,2H3. The summed E-state index contributed by atoms with van der Waals surface area (Å²) in [6.45, 7) is 7.48. The first-order valence-corrected chi connectivity index (χ1v) is 5.67. The molecule has 0 saturated carbocycles. The van der Waals surface area contributed by atoms with Gasteiger partial charge in [-0.3, -0.25) is 0 Å². The lowest BCUT2D eigenvalue weighted by Crippen LogP contribution is -2.13. The number of hydrogen-bond acceptors (Lipinski definition) is 2. The minimum atomic E-state index is 0.822. The van der Waals surface area contributed by atoms with Crippen molar-refractivity contribution in [1.29, 1.82) is 0 Å². The van der Waals surface area contributed by atoms with E-state index in [-0.39, 0.29) is 0 Å². The van der Waals surface area contributed by atoms with Crippen molar-refractivity contribution < 1.29 is 4.42 Å². The zero-order chi connectivity index (χ0) is 11.4. The van der Waals surface area contributed by atoms with E-state index < -0.39 is 0 Å². The molecule has 16 heavy (non-hydrogen) atoms. The van der Waals surface area contributed by atoms with Gasteiger partial charge in [-0.1, -0.05) is 31.2 Å². The second-order valence-corrected chi connectivity index (χ2v) is 3.77. The highest BCUT2D eigenvalue weighted by Gasteiger charge is 2.11.